The van der Waals surface area contributed by atoms with Crippen LogP contribution in [0, 0.1) is 5.92 Å². The van der Waals surface area contributed by atoms with E-state index in [1.165, 1.54) is 0 Å². The summed E-state index contributed by atoms with van der Waals surface area (Å²) in [5, 5.41) is 20.7. The molecule has 5 rings (SSSR count). The molecule has 4 aromatic rings. The number of carbonyl (C=O) groups is 1. The quantitative estimate of drug-likeness (QED) is 0.172. The largest absolute Gasteiger partial charge is 0.460 e. The smallest absolute Gasteiger partial charge is 0.315 e. The zero-order chi connectivity index (χ0) is 27.1. The van der Waals surface area contributed by atoms with Gasteiger partial charge in [-0.15, -0.1) is 5.10 Å². The van der Waals surface area contributed by atoms with Crippen molar-refractivity contribution in [3.63, 3.8) is 0 Å². The first-order valence-corrected chi connectivity index (χ1v) is 13.2. The lowest BCUT2D eigenvalue weighted by molar-refractivity contribution is -0.149. The maximum atomic E-state index is 13.7. The number of rotatable bonds is 7. The van der Waals surface area contributed by atoms with Crippen LogP contribution in [0.2, 0.25) is 0 Å². The van der Waals surface area contributed by atoms with E-state index in [1.54, 1.807) is 6.92 Å². The third-order valence-corrected chi connectivity index (χ3v) is 7.06. The highest BCUT2D eigenvalue weighted by Gasteiger charge is 2.45. The Labute approximate surface area is 229 Å². The van der Waals surface area contributed by atoms with Gasteiger partial charge in [-0.1, -0.05) is 121 Å². The summed E-state index contributed by atoms with van der Waals surface area (Å²) < 4.78 is 5.84. The van der Waals surface area contributed by atoms with Crippen molar-refractivity contribution in [1.82, 2.24) is 0 Å². The molecule has 1 N–H and O–H groups in total. The second kappa shape index (κ2) is 12.0. The van der Waals surface area contributed by atoms with Gasteiger partial charge in [0.25, 0.3) is 0 Å². The Kier molecular flexibility index (Phi) is 8.09. The topological polar surface area (TPSA) is 71.2 Å². The lowest BCUT2D eigenvalue weighted by Crippen LogP contribution is -2.45. The fraction of sp³-hybridized carbons (Fsp3) is 0.206. The van der Waals surface area contributed by atoms with Crippen molar-refractivity contribution in [3.8, 4) is 0 Å². The van der Waals surface area contributed by atoms with Crippen LogP contribution in [0.15, 0.2) is 132 Å². The highest BCUT2D eigenvalue weighted by Crippen LogP contribution is 2.42. The van der Waals surface area contributed by atoms with E-state index < -0.39 is 11.5 Å². The average Bonchev–Trinajstić information content (AvgIpc) is 2.97. The Hall–Kier alpha value is -4.35. The lowest BCUT2D eigenvalue weighted by atomic mass is 9.68. The van der Waals surface area contributed by atoms with Gasteiger partial charge in [0, 0.05) is 23.5 Å². The number of hydrogen-bond acceptors (Lipinski definition) is 5. The molecule has 0 aliphatic heterocycles. The Morgan fingerprint density at radius 2 is 1.33 bits per heavy atom. The first-order chi connectivity index (χ1) is 19.0. The monoisotopic (exact) mass is 516 g/mol. The van der Waals surface area contributed by atoms with Gasteiger partial charge < -0.3 is 9.84 Å². The molecule has 0 radical (unpaired) electrons. The predicted octanol–water partition coefficient (Wildman–Crippen LogP) is 6.57. The lowest BCUT2D eigenvalue weighted by Gasteiger charge is -2.39. The number of nitrogens with zero attached hydrogens (tertiary/aromatic N) is 2. The number of benzene rings is 4. The molecule has 0 heterocycles. The number of ether oxygens (including phenoxy) is 1. The summed E-state index contributed by atoms with van der Waals surface area (Å²) in [6.07, 6.45) is 0.636. The van der Waals surface area contributed by atoms with E-state index in [9.17, 15) is 9.90 Å². The number of hydrogen-bond donors (Lipinski definition) is 1. The van der Waals surface area contributed by atoms with Gasteiger partial charge in [0.2, 0.25) is 0 Å². The first-order valence-electron chi connectivity index (χ1n) is 13.2. The van der Waals surface area contributed by atoms with Crippen LogP contribution in [0.1, 0.15) is 47.9 Å². The molecule has 196 valence electrons. The fourth-order valence-corrected chi connectivity index (χ4v) is 5.21. The third kappa shape index (κ3) is 6.57. The van der Waals surface area contributed by atoms with Gasteiger partial charge in [-0.2, -0.15) is 5.10 Å². The maximum absolute atomic E-state index is 13.7. The molecule has 1 aliphatic carbocycles. The summed E-state index contributed by atoms with van der Waals surface area (Å²) in [4.78, 5) is 13.7. The van der Waals surface area contributed by atoms with Crippen LogP contribution in [-0.4, -0.2) is 28.1 Å². The Bertz CT molecular complexity index is 1390. The van der Waals surface area contributed by atoms with Gasteiger partial charge in [0.05, 0.1) is 11.3 Å². The Balaban J connectivity index is 1.57. The maximum Gasteiger partial charge on any atom is 0.315 e. The van der Waals surface area contributed by atoms with Crippen LogP contribution < -0.4 is 0 Å². The molecule has 3 atom stereocenters. The second-order valence-corrected chi connectivity index (χ2v) is 10.2. The van der Waals surface area contributed by atoms with Crippen molar-refractivity contribution in [2.45, 2.75) is 37.9 Å². The summed E-state index contributed by atoms with van der Waals surface area (Å²) in [5.41, 5.74) is 3.87. The molecule has 1 aliphatic rings. The van der Waals surface area contributed by atoms with Gasteiger partial charge in [0.1, 0.15) is 18.2 Å². The van der Waals surface area contributed by atoms with Gasteiger partial charge >= 0.3 is 5.97 Å². The van der Waals surface area contributed by atoms with Crippen molar-refractivity contribution in [2.24, 2.45) is 16.1 Å². The van der Waals surface area contributed by atoms with Crippen LogP contribution in [0.4, 0.5) is 0 Å². The molecule has 0 bridgehead atoms. The van der Waals surface area contributed by atoms with Crippen LogP contribution in [0.3, 0.4) is 0 Å². The van der Waals surface area contributed by atoms with Crippen LogP contribution in [0.25, 0.3) is 0 Å². The van der Waals surface area contributed by atoms with Gasteiger partial charge in [0.15, 0.2) is 0 Å². The zero-order valence-corrected chi connectivity index (χ0v) is 22.0. The molecule has 0 spiro atoms. The molecule has 5 nitrogen and oxygen atoms in total. The molecule has 4 aromatic carbocycles. The van der Waals surface area contributed by atoms with E-state index in [4.69, 9.17) is 14.9 Å². The first kappa shape index (κ1) is 26.3. The van der Waals surface area contributed by atoms with Crippen LogP contribution in [-0.2, 0) is 16.1 Å². The molecular weight excluding hydrogens is 484 g/mol. The van der Waals surface area contributed by atoms with E-state index in [2.05, 4.69) is 0 Å². The van der Waals surface area contributed by atoms with E-state index >= 15 is 0 Å². The standard InChI is InChI=1S/C34H32N2O3/c1-34(38)22-29(26-16-8-3-9-17-26)31(33(37)39-24-25-14-6-2-7-15-25)30(23-34)35-36-32(27-18-10-4-11-19-27)28-20-12-5-13-21-28/h2-21,29,31,38H,22-24H2,1H3/b35-30+. The van der Waals surface area contributed by atoms with Crippen molar-refractivity contribution in [1.29, 1.82) is 0 Å². The zero-order valence-electron chi connectivity index (χ0n) is 22.0. The number of esters is 1. The van der Waals surface area contributed by atoms with Crippen LogP contribution in [0.5, 0.6) is 0 Å². The summed E-state index contributed by atoms with van der Waals surface area (Å²) in [6, 6.07) is 39.2. The minimum Gasteiger partial charge on any atom is -0.460 e. The minimum absolute atomic E-state index is 0.171. The molecular formula is C34H32N2O3. The van der Waals surface area contributed by atoms with E-state index in [0.29, 0.717) is 17.8 Å². The van der Waals surface area contributed by atoms with E-state index in [0.717, 1.165) is 22.3 Å². The van der Waals surface area contributed by atoms with E-state index in [-0.39, 0.29) is 24.9 Å². The molecule has 1 fully saturated rings. The summed E-state index contributed by atoms with van der Waals surface area (Å²) in [5.74, 6) is -1.34. The third-order valence-electron chi connectivity index (χ3n) is 7.06. The number of aliphatic hydroxyl groups is 1. The summed E-state index contributed by atoms with van der Waals surface area (Å²) >= 11 is 0. The molecule has 3 unspecified atom stereocenters. The van der Waals surface area contributed by atoms with Crippen molar-refractivity contribution in [3.05, 3.63) is 144 Å². The Morgan fingerprint density at radius 1 is 0.821 bits per heavy atom. The molecule has 0 aromatic heterocycles. The normalized spacial score (nSPS) is 21.7. The molecule has 0 saturated heterocycles. The highest BCUT2D eigenvalue weighted by molar-refractivity contribution is 6.13. The second-order valence-electron chi connectivity index (χ2n) is 10.2. The van der Waals surface area contributed by atoms with Crippen LogP contribution >= 0.6 is 0 Å². The average molecular weight is 517 g/mol. The Morgan fingerprint density at radius 3 is 1.90 bits per heavy atom. The molecule has 39 heavy (non-hydrogen) atoms. The van der Waals surface area contributed by atoms with Crippen molar-refractivity contribution >= 4 is 17.4 Å². The van der Waals surface area contributed by atoms with Gasteiger partial charge in [-0.3, -0.25) is 4.79 Å². The number of carbonyl (C=O) groups excluding carboxylic acids is 1. The predicted molar refractivity (Wildman–Crippen MR) is 155 cm³/mol. The summed E-state index contributed by atoms with van der Waals surface area (Å²) in [6.45, 7) is 1.97. The fourth-order valence-electron chi connectivity index (χ4n) is 5.21. The minimum atomic E-state index is -1.05. The van der Waals surface area contributed by atoms with Gasteiger partial charge in [-0.25, -0.2) is 0 Å². The SMILES string of the molecule is CC1(O)C/C(=N\N=C(c2ccccc2)c2ccccc2)C(C(=O)OCc2ccccc2)C(c2ccccc2)C1. The highest BCUT2D eigenvalue weighted by atomic mass is 16.5. The van der Waals surface area contributed by atoms with Crippen molar-refractivity contribution in [2.75, 3.05) is 0 Å². The van der Waals surface area contributed by atoms with Gasteiger partial charge in [-0.05, 0) is 24.5 Å². The van der Waals surface area contributed by atoms with Crippen molar-refractivity contribution < 1.29 is 14.6 Å². The van der Waals surface area contributed by atoms with E-state index in [1.807, 2.05) is 121 Å². The molecule has 0 amide bonds. The summed E-state index contributed by atoms with van der Waals surface area (Å²) in [7, 11) is 0. The molecule has 1 saturated carbocycles. The molecule has 5 heteroatoms.